The molecule has 4 heteroatoms. The van der Waals surface area contributed by atoms with E-state index in [1.807, 2.05) is 0 Å². The molecule has 18 heavy (non-hydrogen) atoms. The van der Waals surface area contributed by atoms with E-state index in [0.29, 0.717) is 0 Å². The highest BCUT2D eigenvalue weighted by Gasteiger charge is 2.26. The quantitative estimate of drug-likeness (QED) is 0.778. The number of hydrogen-bond acceptors (Lipinski definition) is 3. The number of aryl methyl sites for hydroxylation is 1. The average molecular weight is 267 g/mol. The largest absolute Gasteiger partial charge is 0.396 e. The zero-order valence-corrected chi connectivity index (χ0v) is 11.5. The summed E-state index contributed by atoms with van der Waals surface area (Å²) in [6, 6.07) is 2.11. The number of amides is 1. The first-order valence-electron chi connectivity index (χ1n) is 6.77. The smallest absolute Gasteiger partial charge is 0.227 e. The number of nitrogens with one attached hydrogen (secondary N) is 1. The van der Waals surface area contributed by atoms with Gasteiger partial charge in [-0.3, -0.25) is 4.79 Å². The molecule has 1 atom stereocenters. The fourth-order valence-electron chi connectivity index (χ4n) is 2.51. The van der Waals surface area contributed by atoms with Crippen LogP contribution in [0.15, 0.2) is 11.4 Å². The van der Waals surface area contributed by atoms with Gasteiger partial charge in [-0.1, -0.05) is 0 Å². The second-order valence-corrected chi connectivity index (χ2v) is 5.82. The first kappa shape index (κ1) is 13.6. The highest BCUT2D eigenvalue weighted by Crippen LogP contribution is 2.34. The van der Waals surface area contributed by atoms with Crippen LogP contribution in [0.2, 0.25) is 0 Å². The van der Waals surface area contributed by atoms with Crippen molar-refractivity contribution in [3.63, 3.8) is 0 Å². The first-order valence-corrected chi connectivity index (χ1v) is 7.65. The van der Waals surface area contributed by atoms with Gasteiger partial charge >= 0.3 is 0 Å². The number of aliphatic hydroxyl groups excluding tert-OH is 1. The number of carbonyl (C=O) groups is 1. The van der Waals surface area contributed by atoms with E-state index in [1.165, 1.54) is 10.4 Å². The number of unbranched alkanes of at least 4 members (excludes halogenated alkanes) is 2. The Morgan fingerprint density at radius 1 is 1.44 bits per heavy atom. The van der Waals surface area contributed by atoms with E-state index < -0.39 is 0 Å². The van der Waals surface area contributed by atoms with E-state index in [0.717, 1.165) is 45.1 Å². The summed E-state index contributed by atoms with van der Waals surface area (Å²) in [5.74, 6) is 0.246. The summed E-state index contributed by atoms with van der Waals surface area (Å²) in [7, 11) is 0. The van der Waals surface area contributed by atoms with Gasteiger partial charge in [0.2, 0.25) is 5.91 Å². The van der Waals surface area contributed by atoms with Gasteiger partial charge in [0.1, 0.15) is 0 Å². The van der Waals surface area contributed by atoms with Gasteiger partial charge in [-0.15, -0.1) is 11.3 Å². The first-order chi connectivity index (χ1) is 8.83. The Bertz CT molecular complexity index is 389. The SMILES string of the molecule is O=C(NCCCCCO)C1CCCc2sccc21. The molecule has 1 aromatic heterocycles. The molecule has 0 radical (unpaired) electrons. The van der Waals surface area contributed by atoms with E-state index in [2.05, 4.69) is 16.8 Å². The molecule has 2 rings (SSSR count). The van der Waals surface area contributed by atoms with Gasteiger partial charge in [-0.2, -0.15) is 0 Å². The van der Waals surface area contributed by atoms with E-state index in [4.69, 9.17) is 5.11 Å². The maximum absolute atomic E-state index is 12.1. The van der Waals surface area contributed by atoms with Crippen LogP contribution in [0.25, 0.3) is 0 Å². The van der Waals surface area contributed by atoms with Crippen LogP contribution in [-0.4, -0.2) is 24.2 Å². The van der Waals surface area contributed by atoms with Crippen molar-refractivity contribution < 1.29 is 9.90 Å². The summed E-state index contributed by atoms with van der Waals surface area (Å²) in [5, 5.41) is 13.8. The number of carbonyl (C=O) groups excluding carboxylic acids is 1. The van der Waals surface area contributed by atoms with Crippen LogP contribution >= 0.6 is 11.3 Å². The van der Waals surface area contributed by atoms with Crippen molar-refractivity contribution in [3.05, 3.63) is 21.9 Å². The molecule has 2 N–H and O–H groups in total. The van der Waals surface area contributed by atoms with Crippen molar-refractivity contribution in [1.29, 1.82) is 0 Å². The lowest BCUT2D eigenvalue weighted by Crippen LogP contribution is -2.31. The topological polar surface area (TPSA) is 49.3 Å². The lowest BCUT2D eigenvalue weighted by atomic mass is 9.87. The monoisotopic (exact) mass is 267 g/mol. The standard InChI is InChI=1S/C14H21NO2S/c16-9-3-1-2-8-15-14(17)12-5-4-6-13-11(12)7-10-18-13/h7,10,12,16H,1-6,8-9H2,(H,15,17). The van der Waals surface area contributed by atoms with Crippen molar-refractivity contribution >= 4 is 17.2 Å². The number of hydrogen-bond donors (Lipinski definition) is 2. The van der Waals surface area contributed by atoms with E-state index >= 15 is 0 Å². The fourth-order valence-corrected chi connectivity index (χ4v) is 3.49. The molecule has 3 nitrogen and oxygen atoms in total. The van der Waals surface area contributed by atoms with Crippen LogP contribution in [0, 0.1) is 0 Å². The molecule has 0 aromatic carbocycles. The summed E-state index contributed by atoms with van der Waals surface area (Å²) in [6.45, 7) is 0.976. The molecule has 0 saturated carbocycles. The van der Waals surface area contributed by atoms with Gasteiger partial charge in [0.05, 0.1) is 5.92 Å². The van der Waals surface area contributed by atoms with Gasteiger partial charge in [0, 0.05) is 18.0 Å². The summed E-state index contributed by atoms with van der Waals surface area (Å²) in [5.41, 5.74) is 1.25. The van der Waals surface area contributed by atoms with Crippen molar-refractivity contribution in [2.24, 2.45) is 0 Å². The minimum absolute atomic E-state index is 0.0674. The van der Waals surface area contributed by atoms with E-state index in [1.54, 1.807) is 11.3 Å². The predicted molar refractivity (Wildman–Crippen MR) is 73.9 cm³/mol. The van der Waals surface area contributed by atoms with Crippen LogP contribution in [0.5, 0.6) is 0 Å². The third-order valence-electron chi connectivity index (χ3n) is 3.50. The maximum atomic E-state index is 12.1. The average Bonchev–Trinajstić information content (AvgIpc) is 2.86. The molecule has 0 saturated heterocycles. The van der Waals surface area contributed by atoms with Crippen molar-refractivity contribution in [1.82, 2.24) is 5.32 Å². The molecular weight excluding hydrogens is 246 g/mol. The second-order valence-electron chi connectivity index (χ2n) is 4.82. The summed E-state index contributed by atoms with van der Waals surface area (Å²) >= 11 is 1.77. The van der Waals surface area contributed by atoms with Gasteiger partial charge < -0.3 is 10.4 Å². The van der Waals surface area contributed by atoms with Gasteiger partial charge in [0.15, 0.2) is 0 Å². The Morgan fingerprint density at radius 3 is 3.17 bits per heavy atom. The number of rotatable bonds is 6. The Kier molecular flexibility index (Phi) is 5.20. The van der Waals surface area contributed by atoms with Gasteiger partial charge in [0.25, 0.3) is 0 Å². The minimum atomic E-state index is 0.0674. The lowest BCUT2D eigenvalue weighted by molar-refractivity contribution is -0.122. The molecule has 0 bridgehead atoms. The molecule has 1 aliphatic carbocycles. The highest BCUT2D eigenvalue weighted by atomic mass is 32.1. The molecule has 0 fully saturated rings. The van der Waals surface area contributed by atoms with Crippen LogP contribution in [0.4, 0.5) is 0 Å². The molecule has 1 aromatic rings. The fraction of sp³-hybridized carbons (Fsp3) is 0.643. The van der Waals surface area contributed by atoms with Crippen molar-refractivity contribution in [2.75, 3.05) is 13.2 Å². The molecule has 1 unspecified atom stereocenters. The van der Waals surface area contributed by atoms with Crippen LogP contribution in [0.3, 0.4) is 0 Å². The normalized spacial score (nSPS) is 18.4. The highest BCUT2D eigenvalue weighted by molar-refractivity contribution is 7.10. The molecule has 100 valence electrons. The molecule has 1 heterocycles. The molecule has 0 spiro atoms. The number of fused-ring (bicyclic) bond motifs is 1. The van der Waals surface area contributed by atoms with Crippen molar-refractivity contribution in [3.8, 4) is 0 Å². The second kappa shape index (κ2) is 6.90. The third-order valence-corrected chi connectivity index (χ3v) is 4.50. The Hall–Kier alpha value is -0.870. The summed E-state index contributed by atoms with van der Waals surface area (Å²) < 4.78 is 0. The molecular formula is C14H21NO2S. The predicted octanol–water partition coefficient (Wildman–Crippen LogP) is 2.45. The summed E-state index contributed by atoms with van der Waals surface area (Å²) in [6.07, 6.45) is 5.99. The molecule has 1 amide bonds. The van der Waals surface area contributed by atoms with Gasteiger partial charge in [-0.05, 0) is 55.5 Å². The van der Waals surface area contributed by atoms with Crippen LogP contribution in [-0.2, 0) is 11.2 Å². The van der Waals surface area contributed by atoms with Gasteiger partial charge in [-0.25, -0.2) is 0 Å². The molecule has 0 aliphatic heterocycles. The minimum Gasteiger partial charge on any atom is -0.396 e. The lowest BCUT2D eigenvalue weighted by Gasteiger charge is -2.21. The van der Waals surface area contributed by atoms with E-state index in [9.17, 15) is 4.79 Å². The Balaban J connectivity index is 1.80. The Morgan fingerprint density at radius 2 is 2.33 bits per heavy atom. The maximum Gasteiger partial charge on any atom is 0.227 e. The van der Waals surface area contributed by atoms with Crippen LogP contribution < -0.4 is 5.32 Å². The Labute approximate surface area is 112 Å². The van der Waals surface area contributed by atoms with Crippen molar-refractivity contribution in [2.45, 2.75) is 44.4 Å². The van der Waals surface area contributed by atoms with Crippen LogP contribution in [0.1, 0.15) is 48.5 Å². The summed E-state index contributed by atoms with van der Waals surface area (Å²) in [4.78, 5) is 13.5. The zero-order valence-electron chi connectivity index (χ0n) is 10.7. The zero-order chi connectivity index (χ0) is 12.8. The number of aliphatic hydroxyl groups is 1. The van der Waals surface area contributed by atoms with E-state index in [-0.39, 0.29) is 18.4 Å². The third kappa shape index (κ3) is 3.33. The number of thiophene rings is 1. The molecule has 1 aliphatic rings.